The van der Waals surface area contributed by atoms with E-state index < -0.39 is 14.6 Å². The van der Waals surface area contributed by atoms with Crippen LogP contribution in [-0.2, 0) is 14.6 Å². The topological polar surface area (TPSA) is 89.0 Å². The monoisotopic (exact) mass is 491 g/mol. The second-order valence-electron chi connectivity index (χ2n) is 8.90. The van der Waals surface area contributed by atoms with Gasteiger partial charge in [-0.2, -0.15) is 0 Å². The summed E-state index contributed by atoms with van der Waals surface area (Å²) in [4.78, 5) is 21.8. The normalized spacial score (nSPS) is 19.8. The Morgan fingerprint density at radius 1 is 1.16 bits per heavy atom. The van der Waals surface area contributed by atoms with Crippen LogP contribution in [0.25, 0.3) is 10.2 Å². The minimum Gasteiger partial charge on any atom is -0.349 e. The lowest BCUT2D eigenvalue weighted by Gasteiger charge is -2.28. The molecule has 0 radical (unpaired) electrons. The van der Waals surface area contributed by atoms with E-state index >= 15 is 0 Å². The van der Waals surface area contributed by atoms with Gasteiger partial charge in [-0.05, 0) is 69.9 Å². The first-order chi connectivity index (χ1) is 15.0. The molecule has 0 unspecified atom stereocenters. The summed E-state index contributed by atoms with van der Waals surface area (Å²) in [7, 11) is -3.38. The highest BCUT2D eigenvalue weighted by Gasteiger charge is 2.34. The van der Waals surface area contributed by atoms with Crippen molar-refractivity contribution < 1.29 is 13.2 Å². The minimum atomic E-state index is -3.38. The zero-order chi connectivity index (χ0) is 23.1. The van der Waals surface area contributed by atoms with Crippen molar-refractivity contribution >= 4 is 48.9 Å². The van der Waals surface area contributed by atoms with Crippen LogP contribution < -0.4 is 5.32 Å². The summed E-state index contributed by atoms with van der Waals surface area (Å²) >= 11 is 7.80. The van der Waals surface area contributed by atoms with Crippen LogP contribution in [0.2, 0.25) is 5.02 Å². The number of pyridine rings is 1. The number of sulfone groups is 1. The molecule has 1 aliphatic carbocycles. The fourth-order valence-corrected chi connectivity index (χ4v) is 5.71. The third kappa shape index (κ3) is 4.67. The molecule has 9 heteroatoms. The lowest BCUT2D eigenvalue weighted by molar-refractivity contribution is 0.0925. The smallest absolute Gasteiger partial charge is 0.251 e. The van der Waals surface area contributed by atoms with E-state index in [2.05, 4.69) is 10.3 Å². The molecule has 0 saturated heterocycles. The molecule has 2 aromatic heterocycles. The fraction of sp³-hybridized carbons (Fsp3) is 0.435. The van der Waals surface area contributed by atoms with E-state index in [1.54, 1.807) is 37.3 Å². The summed E-state index contributed by atoms with van der Waals surface area (Å²) in [6.07, 6.45) is 6.34. The summed E-state index contributed by atoms with van der Waals surface area (Å²) in [5.74, 6) is 0.193. The first-order valence-electron chi connectivity index (χ1n) is 10.6. The maximum absolute atomic E-state index is 12.8. The number of rotatable bonds is 5. The molecule has 1 N–H and O–H groups in total. The minimum absolute atomic E-state index is 0.0853. The summed E-state index contributed by atoms with van der Waals surface area (Å²) < 4.78 is 24.2. The van der Waals surface area contributed by atoms with Gasteiger partial charge in [0.25, 0.3) is 5.91 Å². The molecule has 32 heavy (non-hydrogen) atoms. The van der Waals surface area contributed by atoms with Gasteiger partial charge in [-0.3, -0.25) is 9.78 Å². The zero-order valence-electron chi connectivity index (χ0n) is 18.3. The predicted octanol–water partition coefficient (Wildman–Crippen LogP) is 5.08. The van der Waals surface area contributed by atoms with Gasteiger partial charge in [0.2, 0.25) is 0 Å². The molecule has 3 aromatic rings. The first kappa shape index (κ1) is 23.1. The molecule has 4 rings (SSSR count). The number of hydrogen-bond donors (Lipinski definition) is 1. The number of thiazole rings is 1. The van der Waals surface area contributed by atoms with E-state index in [1.165, 1.54) is 12.5 Å². The third-order valence-electron chi connectivity index (χ3n) is 6.34. The van der Waals surface area contributed by atoms with Gasteiger partial charge in [-0.15, -0.1) is 11.3 Å². The van der Waals surface area contributed by atoms with Crippen LogP contribution in [-0.4, -0.2) is 36.6 Å². The lowest BCUT2D eigenvalue weighted by Crippen LogP contribution is -2.37. The van der Waals surface area contributed by atoms with Gasteiger partial charge in [-0.1, -0.05) is 11.6 Å². The number of halogens is 1. The third-order valence-corrected chi connectivity index (χ3v) is 9.84. The Labute approximate surface area is 197 Å². The Morgan fingerprint density at radius 3 is 2.56 bits per heavy atom. The lowest BCUT2D eigenvalue weighted by atomic mass is 9.86. The molecule has 6 nitrogen and oxygen atoms in total. The number of carbonyl (C=O) groups excluding carboxylic acids is 1. The molecule has 2 heterocycles. The van der Waals surface area contributed by atoms with Crippen molar-refractivity contribution in [3.63, 3.8) is 0 Å². The van der Waals surface area contributed by atoms with Crippen molar-refractivity contribution in [1.82, 2.24) is 15.3 Å². The Kier molecular flexibility index (Phi) is 6.31. The highest BCUT2D eigenvalue weighted by atomic mass is 35.5. The molecule has 0 atom stereocenters. The maximum Gasteiger partial charge on any atom is 0.251 e. The maximum atomic E-state index is 12.8. The molecule has 1 fully saturated rings. The number of aromatic nitrogens is 2. The number of hydrogen-bond acceptors (Lipinski definition) is 6. The van der Waals surface area contributed by atoms with Crippen molar-refractivity contribution in [2.24, 2.45) is 0 Å². The summed E-state index contributed by atoms with van der Waals surface area (Å²) in [5.41, 5.74) is 1.74. The van der Waals surface area contributed by atoms with Gasteiger partial charge in [0.15, 0.2) is 9.84 Å². The van der Waals surface area contributed by atoms with Crippen LogP contribution in [0.15, 0.2) is 36.5 Å². The fourth-order valence-electron chi connectivity index (χ4n) is 3.94. The van der Waals surface area contributed by atoms with Crippen molar-refractivity contribution in [2.75, 3.05) is 6.26 Å². The van der Waals surface area contributed by atoms with Gasteiger partial charge >= 0.3 is 0 Å². The molecular formula is C23H26ClN3O3S2. The molecule has 0 spiro atoms. The standard InChI is InChI=1S/C23H26ClN3O3S2/c1-23(2,32(3,29)30)20-12-15(10-11-25-20)21(28)26-17-7-4-14(5-8-17)22-27-18-13-16(24)6-9-19(18)31-22/h6,9-14,17H,4-5,7-8H2,1-3H3,(H,26,28). The van der Waals surface area contributed by atoms with Crippen LogP contribution in [0.5, 0.6) is 0 Å². The first-order valence-corrected chi connectivity index (χ1v) is 13.7. The molecule has 0 aliphatic heterocycles. The van der Waals surface area contributed by atoms with E-state index in [9.17, 15) is 13.2 Å². The molecule has 1 aliphatic rings. The van der Waals surface area contributed by atoms with Crippen molar-refractivity contribution in [3.05, 3.63) is 57.8 Å². The highest BCUT2D eigenvalue weighted by Crippen LogP contribution is 2.37. The van der Waals surface area contributed by atoms with Crippen molar-refractivity contribution in [3.8, 4) is 0 Å². The SMILES string of the molecule is CC(C)(c1cc(C(=O)NC2CCC(c3nc4cc(Cl)ccc4s3)CC2)ccn1)S(C)(=O)=O. The van der Waals surface area contributed by atoms with E-state index in [0.29, 0.717) is 22.2 Å². The predicted molar refractivity (Wildman–Crippen MR) is 129 cm³/mol. The van der Waals surface area contributed by atoms with Gasteiger partial charge in [-0.25, -0.2) is 13.4 Å². The Hall–Kier alpha value is -2.03. The van der Waals surface area contributed by atoms with Crippen LogP contribution in [0.3, 0.4) is 0 Å². The van der Waals surface area contributed by atoms with E-state index in [1.807, 2.05) is 18.2 Å². The van der Waals surface area contributed by atoms with E-state index in [-0.39, 0.29) is 11.9 Å². The van der Waals surface area contributed by atoms with Crippen LogP contribution in [0.4, 0.5) is 0 Å². The van der Waals surface area contributed by atoms with E-state index in [0.717, 1.165) is 40.9 Å². The number of nitrogens with one attached hydrogen (secondary N) is 1. The van der Waals surface area contributed by atoms with Crippen LogP contribution >= 0.6 is 22.9 Å². The molecule has 170 valence electrons. The number of nitrogens with zero attached hydrogens (tertiary/aromatic N) is 2. The van der Waals surface area contributed by atoms with Crippen molar-refractivity contribution in [1.29, 1.82) is 0 Å². The van der Waals surface area contributed by atoms with Gasteiger partial charge in [0.05, 0.1) is 20.9 Å². The number of amides is 1. The van der Waals surface area contributed by atoms with Gasteiger partial charge < -0.3 is 5.32 Å². The number of fused-ring (bicyclic) bond motifs is 1. The average molecular weight is 492 g/mol. The van der Waals surface area contributed by atoms with Crippen LogP contribution in [0, 0.1) is 0 Å². The number of carbonyl (C=O) groups is 1. The Bertz CT molecular complexity index is 1260. The Balaban J connectivity index is 1.40. The highest BCUT2D eigenvalue weighted by molar-refractivity contribution is 7.91. The van der Waals surface area contributed by atoms with Crippen molar-refractivity contribution in [2.45, 2.75) is 56.2 Å². The quantitative estimate of drug-likeness (QED) is 0.537. The molecule has 1 amide bonds. The molecule has 1 saturated carbocycles. The second kappa shape index (κ2) is 8.72. The summed E-state index contributed by atoms with van der Waals surface area (Å²) in [5, 5.41) is 4.94. The van der Waals surface area contributed by atoms with Gasteiger partial charge in [0.1, 0.15) is 4.75 Å². The summed E-state index contributed by atoms with van der Waals surface area (Å²) in [6, 6.07) is 9.08. The Morgan fingerprint density at radius 2 is 1.88 bits per heavy atom. The average Bonchev–Trinajstić information content (AvgIpc) is 3.16. The number of benzene rings is 1. The molecular weight excluding hydrogens is 466 g/mol. The molecule has 0 bridgehead atoms. The second-order valence-corrected chi connectivity index (χ2v) is 13.0. The summed E-state index contributed by atoms with van der Waals surface area (Å²) in [6.45, 7) is 3.20. The van der Waals surface area contributed by atoms with Gasteiger partial charge in [0, 0.05) is 35.0 Å². The van der Waals surface area contributed by atoms with Crippen LogP contribution in [0.1, 0.15) is 66.5 Å². The zero-order valence-corrected chi connectivity index (χ0v) is 20.6. The molecule has 1 aromatic carbocycles. The van der Waals surface area contributed by atoms with E-state index in [4.69, 9.17) is 16.6 Å². The largest absolute Gasteiger partial charge is 0.349 e.